The molecule has 1 heterocycles. The molecule has 1 aliphatic heterocycles. The number of nitrogens with one attached hydrogen (secondary N) is 2. The average molecular weight is 309 g/mol. The van der Waals surface area contributed by atoms with Gasteiger partial charge in [0, 0.05) is 25.2 Å². The lowest BCUT2D eigenvalue weighted by Gasteiger charge is -2.34. The number of urea groups is 1. The molecular weight excluding hydrogens is 278 g/mol. The molecule has 2 N–H and O–H groups in total. The summed E-state index contributed by atoms with van der Waals surface area (Å²) in [6.45, 7) is 5.41. The molecule has 2 atom stereocenters. The lowest BCUT2D eigenvalue weighted by atomic mass is 9.95. The summed E-state index contributed by atoms with van der Waals surface area (Å²) in [5, 5.41) is 6.20. The van der Waals surface area contributed by atoms with Crippen LogP contribution in [0.2, 0.25) is 0 Å². The monoisotopic (exact) mass is 309 g/mol. The molecule has 0 unspecified atom stereocenters. The zero-order chi connectivity index (χ0) is 15.9. The zero-order valence-corrected chi connectivity index (χ0v) is 14.1. The third-order valence-corrected chi connectivity index (χ3v) is 5.01. The highest BCUT2D eigenvalue weighted by atomic mass is 16.2. The first-order chi connectivity index (χ1) is 10.6. The van der Waals surface area contributed by atoms with Crippen LogP contribution in [-0.2, 0) is 4.79 Å². The van der Waals surface area contributed by atoms with Gasteiger partial charge in [0.15, 0.2) is 0 Å². The fourth-order valence-corrected chi connectivity index (χ4v) is 3.35. The molecule has 5 heteroatoms. The van der Waals surface area contributed by atoms with Crippen LogP contribution in [0.5, 0.6) is 0 Å². The van der Waals surface area contributed by atoms with Crippen LogP contribution in [-0.4, -0.2) is 42.0 Å². The Kier molecular flexibility index (Phi) is 6.52. The number of piperidine rings is 1. The summed E-state index contributed by atoms with van der Waals surface area (Å²) < 4.78 is 0. The Bertz CT molecular complexity index is 380. The second-order valence-corrected chi connectivity index (χ2v) is 6.89. The first kappa shape index (κ1) is 17.1. The Morgan fingerprint density at radius 2 is 1.86 bits per heavy atom. The molecule has 1 aliphatic carbocycles. The van der Waals surface area contributed by atoms with E-state index in [9.17, 15) is 9.59 Å². The predicted octanol–water partition coefficient (Wildman–Crippen LogP) is 2.66. The molecule has 3 amide bonds. The maximum absolute atomic E-state index is 12.4. The van der Waals surface area contributed by atoms with E-state index in [1.165, 1.54) is 19.3 Å². The Balaban J connectivity index is 1.81. The second kappa shape index (κ2) is 8.39. The van der Waals surface area contributed by atoms with Gasteiger partial charge in [-0.05, 0) is 39.0 Å². The van der Waals surface area contributed by atoms with E-state index in [4.69, 9.17) is 0 Å². The molecule has 22 heavy (non-hydrogen) atoms. The van der Waals surface area contributed by atoms with Gasteiger partial charge in [-0.15, -0.1) is 0 Å². The van der Waals surface area contributed by atoms with Gasteiger partial charge in [-0.1, -0.05) is 26.2 Å². The van der Waals surface area contributed by atoms with E-state index in [0.717, 1.165) is 38.6 Å². The zero-order valence-electron chi connectivity index (χ0n) is 14.1. The van der Waals surface area contributed by atoms with Crippen LogP contribution in [0.25, 0.3) is 0 Å². The van der Waals surface area contributed by atoms with E-state index in [-0.39, 0.29) is 23.9 Å². The van der Waals surface area contributed by atoms with Crippen molar-refractivity contribution in [3.8, 4) is 0 Å². The van der Waals surface area contributed by atoms with Gasteiger partial charge in [-0.2, -0.15) is 0 Å². The summed E-state index contributed by atoms with van der Waals surface area (Å²) in [5.41, 5.74) is 0. The van der Waals surface area contributed by atoms with Gasteiger partial charge in [0.2, 0.25) is 5.91 Å². The first-order valence-corrected chi connectivity index (χ1v) is 8.96. The summed E-state index contributed by atoms with van der Waals surface area (Å²) in [7, 11) is 0. The second-order valence-electron chi connectivity index (χ2n) is 6.89. The minimum Gasteiger partial charge on any atom is -0.353 e. The molecule has 2 aliphatic rings. The smallest absolute Gasteiger partial charge is 0.317 e. The third kappa shape index (κ3) is 4.89. The molecule has 2 fully saturated rings. The number of hydrogen-bond donors (Lipinski definition) is 2. The molecule has 0 aromatic carbocycles. The van der Waals surface area contributed by atoms with Gasteiger partial charge in [-0.25, -0.2) is 4.79 Å². The number of amides is 3. The number of carbonyl (C=O) groups excluding carboxylic acids is 2. The van der Waals surface area contributed by atoms with E-state index in [0.29, 0.717) is 12.6 Å². The third-order valence-electron chi connectivity index (χ3n) is 5.01. The van der Waals surface area contributed by atoms with Crippen LogP contribution < -0.4 is 10.6 Å². The fraction of sp³-hybridized carbons (Fsp3) is 0.882. The lowest BCUT2D eigenvalue weighted by Crippen LogP contribution is -2.51. The molecule has 0 aromatic rings. The van der Waals surface area contributed by atoms with Gasteiger partial charge in [0.1, 0.15) is 0 Å². The minimum absolute atomic E-state index is 0.0212. The molecular formula is C17H31N3O2. The van der Waals surface area contributed by atoms with Crippen molar-refractivity contribution in [2.24, 2.45) is 5.92 Å². The molecule has 0 spiro atoms. The van der Waals surface area contributed by atoms with Crippen LogP contribution >= 0.6 is 0 Å². The summed E-state index contributed by atoms with van der Waals surface area (Å²) in [6, 6.07) is 0.558. The van der Waals surface area contributed by atoms with Gasteiger partial charge >= 0.3 is 6.03 Å². The SMILES string of the molecule is CC[C@H](C)NC(=O)[C@@H]1CCCN(C(=O)NC2CCCCC2)C1. The number of likely N-dealkylation sites (tertiary alicyclic amines) is 1. The van der Waals surface area contributed by atoms with Gasteiger partial charge in [0.05, 0.1) is 5.92 Å². The lowest BCUT2D eigenvalue weighted by molar-refractivity contribution is -0.126. The van der Waals surface area contributed by atoms with E-state index < -0.39 is 0 Å². The van der Waals surface area contributed by atoms with E-state index in [1.54, 1.807) is 0 Å². The summed E-state index contributed by atoms with van der Waals surface area (Å²) in [6.07, 6.45) is 8.63. The van der Waals surface area contributed by atoms with Crippen LogP contribution in [0.1, 0.15) is 65.2 Å². The van der Waals surface area contributed by atoms with Crippen molar-refractivity contribution in [1.82, 2.24) is 15.5 Å². The molecule has 1 saturated heterocycles. The maximum Gasteiger partial charge on any atom is 0.317 e. The highest BCUT2D eigenvalue weighted by Crippen LogP contribution is 2.20. The molecule has 126 valence electrons. The van der Waals surface area contributed by atoms with Gasteiger partial charge in [0.25, 0.3) is 0 Å². The average Bonchev–Trinajstić information content (AvgIpc) is 2.55. The van der Waals surface area contributed by atoms with Gasteiger partial charge < -0.3 is 15.5 Å². The van der Waals surface area contributed by atoms with E-state index in [2.05, 4.69) is 17.6 Å². The normalized spacial score (nSPS) is 24.6. The Labute approximate surface area is 134 Å². The topological polar surface area (TPSA) is 61.4 Å². The molecule has 2 rings (SSSR count). The van der Waals surface area contributed by atoms with E-state index in [1.807, 2.05) is 11.8 Å². The Morgan fingerprint density at radius 1 is 1.14 bits per heavy atom. The number of carbonyl (C=O) groups is 2. The first-order valence-electron chi connectivity index (χ1n) is 8.96. The van der Waals surface area contributed by atoms with Crippen molar-refractivity contribution in [3.05, 3.63) is 0 Å². The minimum atomic E-state index is -0.0557. The highest BCUT2D eigenvalue weighted by molar-refractivity contribution is 5.81. The summed E-state index contributed by atoms with van der Waals surface area (Å²) in [5.74, 6) is 0.0457. The van der Waals surface area contributed by atoms with Crippen molar-refractivity contribution < 1.29 is 9.59 Å². The van der Waals surface area contributed by atoms with E-state index >= 15 is 0 Å². The van der Waals surface area contributed by atoms with Crippen molar-refractivity contribution in [3.63, 3.8) is 0 Å². The largest absolute Gasteiger partial charge is 0.353 e. The summed E-state index contributed by atoms with van der Waals surface area (Å²) >= 11 is 0. The predicted molar refractivity (Wildman–Crippen MR) is 87.6 cm³/mol. The van der Waals surface area contributed by atoms with Crippen molar-refractivity contribution in [2.45, 2.75) is 77.3 Å². The quantitative estimate of drug-likeness (QED) is 0.838. The van der Waals surface area contributed by atoms with Crippen LogP contribution in [0.15, 0.2) is 0 Å². The number of nitrogens with zero attached hydrogens (tertiary/aromatic N) is 1. The van der Waals surface area contributed by atoms with Crippen LogP contribution in [0, 0.1) is 5.92 Å². The van der Waals surface area contributed by atoms with Crippen LogP contribution in [0.3, 0.4) is 0 Å². The van der Waals surface area contributed by atoms with Gasteiger partial charge in [-0.3, -0.25) is 4.79 Å². The molecule has 0 aromatic heterocycles. The van der Waals surface area contributed by atoms with Crippen molar-refractivity contribution in [2.75, 3.05) is 13.1 Å². The summed E-state index contributed by atoms with van der Waals surface area (Å²) in [4.78, 5) is 26.5. The number of rotatable bonds is 4. The molecule has 0 bridgehead atoms. The maximum atomic E-state index is 12.4. The molecule has 5 nitrogen and oxygen atoms in total. The molecule has 0 radical (unpaired) electrons. The number of hydrogen-bond acceptors (Lipinski definition) is 2. The highest BCUT2D eigenvalue weighted by Gasteiger charge is 2.29. The Morgan fingerprint density at radius 3 is 2.55 bits per heavy atom. The van der Waals surface area contributed by atoms with Crippen LogP contribution in [0.4, 0.5) is 4.79 Å². The van der Waals surface area contributed by atoms with Crippen molar-refractivity contribution >= 4 is 11.9 Å². The standard InChI is InChI=1S/C17H31N3O2/c1-3-13(2)18-16(21)14-8-7-11-20(12-14)17(22)19-15-9-5-4-6-10-15/h13-15H,3-12H2,1-2H3,(H,18,21)(H,19,22)/t13-,14+/m0/s1. The Hall–Kier alpha value is -1.26. The van der Waals surface area contributed by atoms with Crippen molar-refractivity contribution in [1.29, 1.82) is 0 Å². The molecule has 1 saturated carbocycles. The fourth-order valence-electron chi connectivity index (χ4n) is 3.35.